The van der Waals surface area contributed by atoms with E-state index in [1.54, 1.807) is 6.07 Å². The summed E-state index contributed by atoms with van der Waals surface area (Å²) in [7, 11) is 2.11. The Kier molecular flexibility index (Phi) is 6.39. The lowest BCUT2D eigenvalue weighted by Crippen LogP contribution is -2.44. The fourth-order valence-electron chi connectivity index (χ4n) is 3.91. The van der Waals surface area contributed by atoms with Crippen LogP contribution in [-0.2, 0) is 0 Å². The number of nitrogens with zero attached hydrogens (tertiary/aromatic N) is 3. The lowest BCUT2D eigenvalue weighted by molar-refractivity contribution is -0.384. The van der Waals surface area contributed by atoms with Gasteiger partial charge < -0.3 is 15.1 Å². The van der Waals surface area contributed by atoms with Gasteiger partial charge in [-0.1, -0.05) is 54.1 Å². The quantitative estimate of drug-likeness (QED) is 0.425. The maximum Gasteiger partial charge on any atom is 0.292 e. The first-order chi connectivity index (χ1) is 15.0. The van der Waals surface area contributed by atoms with Crippen LogP contribution >= 0.6 is 11.6 Å². The fourth-order valence-corrected chi connectivity index (χ4v) is 4.11. The maximum absolute atomic E-state index is 11.8. The molecule has 1 heterocycles. The molecule has 0 aromatic heterocycles. The number of halogens is 1. The summed E-state index contributed by atoms with van der Waals surface area (Å²) in [5.74, 6) is 0. The largest absolute Gasteiger partial charge is 0.369 e. The van der Waals surface area contributed by atoms with Crippen molar-refractivity contribution in [1.29, 1.82) is 0 Å². The molecule has 1 N–H and O–H groups in total. The summed E-state index contributed by atoms with van der Waals surface area (Å²) in [5.41, 5.74) is 3.48. The van der Waals surface area contributed by atoms with Crippen molar-refractivity contribution in [3.63, 3.8) is 0 Å². The SMILES string of the molecule is CN1CCN(c2ccc([N+](=O)[O-])c(NC(c3ccccc3)c3cccc(Cl)c3)c2)CC1. The van der Waals surface area contributed by atoms with Crippen molar-refractivity contribution in [2.24, 2.45) is 0 Å². The lowest BCUT2D eigenvalue weighted by atomic mass is 9.98. The number of nitro benzene ring substituents is 1. The molecule has 1 aliphatic rings. The molecular formula is C24H25ClN4O2. The third-order valence-corrected chi connectivity index (χ3v) is 5.90. The standard InChI is InChI=1S/C24H25ClN4O2/c1-27-12-14-28(15-13-27)21-10-11-23(29(30)31)22(17-21)26-24(18-6-3-2-4-7-18)19-8-5-9-20(25)16-19/h2-11,16-17,24,26H,12-15H2,1H3. The van der Waals surface area contributed by atoms with Crippen LogP contribution in [0.2, 0.25) is 5.02 Å². The molecule has 0 amide bonds. The predicted molar refractivity (Wildman–Crippen MR) is 126 cm³/mol. The zero-order chi connectivity index (χ0) is 21.8. The minimum absolute atomic E-state index is 0.0563. The summed E-state index contributed by atoms with van der Waals surface area (Å²) in [6.07, 6.45) is 0. The van der Waals surface area contributed by atoms with E-state index in [1.807, 2.05) is 66.7 Å². The van der Waals surface area contributed by atoms with Gasteiger partial charge in [-0.2, -0.15) is 0 Å². The van der Waals surface area contributed by atoms with Crippen LogP contribution in [0, 0.1) is 10.1 Å². The highest BCUT2D eigenvalue weighted by Crippen LogP contribution is 2.35. The Morgan fingerprint density at radius 2 is 1.65 bits per heavy atom. The highest BCUT2D eigenvalue weighted by molar-refractivity contribution is 6.30. The molecule has 1 atom stereocenters. The summed E-state index contributed by atoms with van der Waals surface area (Å²) >= 11 is 6.25. The number of piperazine rings is 1. The molecule has 1 saturated heterocycles. The molecule has 1 unspecified atom stereocenters. The number of benzene rings is 3. The Bertz CT molecular complexity index is 1050. The zero-order valence-corrected chi connectivity index (χ0v) is 18.1. The van der Waals surface area contributed by atoms with E-state index in [0.29, 0.717) is 10.7 Å². The van der Waals surface area contributed by atoms with Crippen LogP contribution in [0.3, 0.4) is 0 Å². The van der Waals surface area contributed by atoms with Gasteiger partial charge in [0.2, 0.25) is 0 Å². The van der Waals surface area contributed by atoms with Gasteiger partial charge >= 0.3 is 0 Å². The summed E-state index contributed by atoms with van der Waals surface area (Å²) in [6, 6.07) is 22.5. The third kappa shape index (κ3) is 4.98. The van der Waals surface area contributed by atoms with Crippen molar-refractivity contribution in [1.82, 2.24) is 4.90 Å². The van der Waals surface area contributed by atoms with Crippen LogP contribution in [0.5, 0.6) is 0 Å². The summed E-state index contributed by atoms with van der Waals surface area (Å²) in [6.45, 7) is 3.72. The van der Waals surface area contributed by atoms with Crippen molar-refractivity contribution < 1.29 is 4.92 Å². The average Bonchev–Trinajstić information content (AvgIpc) is 2.78. The minimum atomic E-state index is -0.337. The smallest absolute Gasteiger partial charge is 0.292 e. The molecule has 31 heavy (non-hydrogen) atoms. The predicted octanol–water partition coefficient (Wildman–Crippen LogP) is 5.20. The van der Waals surface area contributed by atoms with E-state index in [2.05, 4.69) is 22.2 Å². The molecule has 1 fully saturated rings. The number of rotatable bonds is 6. The van der Waals surface area contributed by atoms with Crippen LogP contribution in [-0.4, -0.2) is 43.0 Å². The molecule has 3 aromatic rings. The average molecular weight is 437 g/mol. The Morgan fingerprint density at radius 3 is 2.32 bits per heavy atom. The Morgan fingerprint density at radius 1 is 0.935 bits per heavy atom. The van der Waals surface area contributed by atoms with Gasteiger partial charge in [0.15, 0.2) is 0 Å². The lowest BCUT2D eigenvalue weighted by Gasteiger charge is -2.34. The second-order valence-electron chi connectivity index (χ2n) is 7.79. The van der Waals surface area contributed by atoms with Crippen LogP contribution in [0.4, 0.5) is 17.1 Å². The van der Waals surface area contributed by atoms with E-state index in [1.165, 1.54) is 0 Å². The molecule has 0 aliphatic carbocycles. The topological polar surface area (TPSA) is 61.7 Å². The van der Waals surface area contributed by atoms with Gasteiger partial charge in [0.05, 0.1) is 11.0 Å². The summed E-state index contributed by atoms with van der Waals surface area (Å²) in [5, 5.41) is 15.9. The van der Waals surface area contributed by atoms with E-state index in [9.17, 15) is 10.1 Å². The van der Waals surface area contributed by atoms with Gasteiger partial charge in [-0.25, -0.2) is 0 Å². The van der Waals surface area contributed by atoms with Crippen LogP contribution < -0.4 is 10.2 Å². The molecule has 4 rings (SSSR count). The minimum Gasteiger partial charge on any atom is -0.369 e. The Labute approximate surface area is 187 Å². The van der Waals surface area contributed by atoms with E-state index < -0.39 is 0 Å². The number of hydrogen-bond donors (Lipinski definition) is 1. The Balaban J connectivity index is 1.73. The van der Waals surface area contributed by atoms with Gasteiger partial charge in [-0.3, -0.25) is 10.1 Å². The van der Waals surface area contributed by atoms with Crippen LogP contribution in [0.25, 0.3) is 0 Å². The third-order valence-electron chi connectivity index (χ3n) is 5.66. The van der Waals surface area contributed by atoms with E-state index in [4.69, 9.17) is 11.6 Å². The zero-order valence-electron chi connectivity index (χ0n) is 17.4. The van der Waals surface area contributed by atoms with Gasteiger partial charge in [0, 0.05) is 43.0 Å². The highest BCUT2D eigenvalue weighted by atomic mass is 35.5. The molecule has 1 aliphatic heterocycles. The number of likely N-dealkylation sites (N-methyl/N-ethyl adjacent to an activating group) is 1. The maximum atomic E-state index is 11.8. The monoisotopic (exact) mass is 436 g/mol. The highest BCUT2D eigenvalue weighted by Gasteiger charge is 2.23. The molecular weight excluding hydrogens is 412 g/mol. The molecule has 0 saturated carbocycles. The van der Waals surface area contributed by atoms with Crippen molar-refractivity contribution in [2.75, 3.05) is 43.4 Å². The van der Waals surface area contributed by atoms with Gasteiger partial charge in [-0.05, 0) is 42.4 Å². The molecule has 6 nitrogen and oxygen atoms in total. The van der Waals surface area contributed by atoms with Crippen LogP contribution in [0.15, 0.2) is 72.8 Å². The molecule has 3 aromatic carbocycles. The van der Waals surface area contributed by atoms with Crippen LogP contribution in [0.1, 0.15) is 17.2 Å². The number of anilines is 2. The number of nitro groups is 1. The first-order valence-corrected chi connectivity index (χ1v) is 10.7. The normalized spacial score (nSPS) is 15.5. The first kappa shape index (κ1) is 21.2. The molecule has 0 spiro atoms. The molecule has 7 heteroatoms. The Hall–Kier alpha value is -3.09. The van der Waals surface area contributed by atoms with Crippen molar-refractivity contribution in [3.8, 4) is 0 Å². The second kappa shape index (κ2) is 9.37. The fraction of sp³-hybridized carbons (Fsp3) is 0.250. The van der Waals surface area contributed by atoms with Gasteiger partial charge in [0.25, 0.3) is 5.69 Å². The van der Waals surface area contributed by atoms with Gasteiger partial charge in [-0.15, -0.1) is 0 Å². The second-order valence-corrected chi connectivity index (χ2v) is 8.23. The summed E-state index contributed by atoms with van der Waals surface area (Å²) < 4.78 is 0. The van der Waals surface area contributed by atoms with Crippen molar-refractivity contribution in [2.45, 2.75) is 6.04 Å². The molecule has 160 valence electrons. The molecule has 0 radical (unpaired) electrons. The van der Waals surface area contributed by atoms with E-state index in [0.717, 1.165) is 43.0 Å². The van der Waals surface area contributed by atoms with E-state index >= 15 is 0 Å². The molecule has 0 bridgehead atoms. The van der Waals surface area contributed by atoms with Gasteiger partial charge in [0.1, 0.15) is 5.69 Å². The number of nitrogens with one attached hydrogen (secondary N) is 1. The van der Waals surface area contributed by atoms with Crippen molar-refractivity contribution in [3.05, 3.63) is 99.1 Å². The summed E-state index contributed by atoms with van der Waals surface area (Å²) in [4.78, 5) is 16.0. The first-order valence-electron chi connectivity index (χ1n) is 10.3. The van der Waals surface area contributed by atoms with E-state index in [-0.39, 0.29) is 16.7 Å². The number of hydrogen-bond acceptors (Lipinski definition) is 5. The van der Waals surface area contributed by atoms with Crippen molar-refractivity contribution >= 4 is 28.7 Å².